The second kappa shape index (κ2) is 5.02. The Balaban J connectivity index is 2.17. The number of aromatic nitrogens is 1. The molecule has 0 aromatic carbocycles. The maximum atomic E-state index is 5.86. The van der Waals surface area contributed by atoms with Crippen LogP contribution in [0.2, 0.25) is 0 Å². The molecule has 1 aromatic rings. The highest BCUT2D eigenvalue weighted by molar-refractivity contribution is 6.17. The lowest BCUT2D eigenvalue weighted by atomic mass is 10.2. The minimum atomic E-state index is 0.335. The number of hydrogen-bond donors (Lipinski definition) is 0. The van der Waals surface area contributed by atoms with Crippen LogP contribution in [0.15, 0.2) is 12.1 Å². The van der Waals surface area contributed by atoms with Crippen LogP contribution in [-0.2, 0) is 10.6 Å². The van der Waals surface area contributed by atoms with Crippen molar-refractivity contribution < 1.29 is 4.74 Å². The number of aryl methyl sites for hydroxylation is 1. The van der Waals surface area contributed by atoms with Crippen molar-refractivity contribution in [1.82, 2.24) is 4.98 Å². The quantitative estimate of drug-likeness (QED) is 0.759. The molecular formula is C12H17ClN2O. The maximum Gasteiger partial charge on any atom is 0.129 e. The zero-order valence-corrected chi connectivity index (χ0v) is 10.5. The third kappa shape index (κ3) is 2.47. The lowest BCUT2D eigenvalue weighted by Crippen LogP contribution is -2.23. The van der Waals surface area contributed by atoms with Crippen LogP contribution < -0.4 is 4.90 Å². The molecule has 1 unspecified atom stereocenters. The highest BCUT2D eigenvalue weighted by Gasteiger charge is 2.23. The summed E-state index contributed by atoms with van der Waals surface area (Å²) in [5.74, 6) is 1.56. The van der Waals surface area contributed by atoms with Crippen LogP contribution in [-0.4, -0.2) is 31.3 Å². The maximum absolute atomic E-state index is 5.86. The standard InChI is InChI=1S/C12H17ClN2O/c1-9-5-10(7-13)6-12(14-9)15-4-3-11(8-15)16-2/h5-6,11H,3-4,7-8H2,1-2H3. The summed E-state index contributed by atoms with van der Waals surface area (Å²) in [6.45, 7) is 3.94. The predicted octanol–water partition coefficient (Wildman–Crippen LogP) is 2.35. The second-order valence-electron chi connectivity index (χ2n) is 4.20. The van der Waals surface area contributed by atoms with Crippen LogP contribution in [0.1, 0.15) is 17.7 Å². The Morgan fingerprint density at radius 3 is 3.00 bits per heavy atom. The summed E-state index contributed by atoms with van der Waals surface area (Å²) in [5, 5.41) is 0. The van der Waals surface area contributed by atoms with E-state index in [1.54, 1.807) is 7.11 Å². The average Bonchev–Trinajstić information content (AvgIpc) is 2.76. The van der Waals surface area contributed by atoms with Crippen molar-refractivity contribution in [2.24, 2.45) is 0 Å². The summed E-state index contributed by atoms with van der Waals surface area (Å²) in [6.07, 6.45) is 1.41. The van der Waals surface area contributed by atoms with Gasteiger partial charge in [0.2, 0.25) is 0 Å². The molecule has 1 atom stereocenters. The molecule has 1 fully saturated rings. The smallest absolute Gasteiger partial charge is 0.129 e. The summed E-state index contributed by atoms with van der Waals surface area (Å²) in [6, 6.07) is 4.10. The van der Waals surface area contributed by atoms with Crippen LogP contribution in [0.5, 0.6) is 0 Å². The molecule has 0 aliphatic carbocycles. The molecule has 4 heteroatoms. The number of rotatable bonds is 3. The fourth-order valence-corrected chi connectivity index (χ4v) is 2.24. The molecule has 2 heterocycles. The number of nitrogens with zero attached hydrogens (tertiary/aromatic N) is 2. The first-order valence-corrected chi connectivity index (χ1v) is 6.07. The van der Waals surface area contributed by atoms with E-state index >= 15 is 0 Å². The normalized spacial score (nSPS) is 20.4. The zero-order chi connectivity index (χ0) is 11.5. The minimum Gasteiger partial charge on any atom is -0.380 e. The Morgan fingerprint density at radius 2 is 2.38 bits per heavy atom. The first-order valence-electron chi connectivity index (χ1n) is 5.54. The van der Waals surface area contributed by atoms with Gasteiger partial charge in [0.25, 0.3) is 0 Å². The van der Waals surface area contributed by atoms with Gasteiger partial charge in [0.1, 0.15) is 5.82 Å². The van der Waals surface area contributed by atoms with E-state index in [4.69, 9.17) is 16.3 Å². The van der Waals surface area contributed by atoms with E-state index in [9.17, 15) is 0 Å². The molecule has 0 spiro atoms. The molecule has 1 aliphatic rings. The van der Waals surface area contributed by atoms with Gasteiger partial charge in [-0.1, -0.05) is 0 Å². The van der Waals surface area contributed by atoms with Gasteiger partial charge in [-0.3, -0.25) is 0 Å². The number of pyridine rings is 1. The molecule has 88 valence electrons. The van der Waals surface area contributed by atoms with Gasteiger partial charge in [0.15, 0.2) is 0 Å². The van der Waals surface area contributed by atoms with Crippen LogP contribution in [0.25, 0.3) is 0 Å². The Kier molecular flexibility index (Phi) is 3.66. The van der Waals surface area contributed by atoms with Gasteiger partial charge in [-0.2, -0.15) is 0 Å². The average molecular weight is 241 g/mol. The van der Waals surface area contributed by atoms with Gasteiger partial charge in [-0.05, 0) is 31.0 Å². The monoisotopic (exact) mass is 240 g/mol. The topological polar surface area (TPSA) is 25.4 Å². The lowest BCUT2D eigenvalue weighted by Gasteiger charge is -2.18. The molecule has 0 bridgehead atoms. The third-order valence-corrected chi connectivity index (χ3v) is 3.26. The van der Waals surface area contributed by atoms with Gasteiger partial charge < -0.3 is 9.64 Å². The number of halogens is 1. The van der Waals surface area contributed by atoms with E-state index in [2.05, 4.69) is 16.0 Å². The van der Waals surface area contributed by atoms with Crippen LogP contribution in [0.4, 0.5) is 5.82 Å². The number of alkyl halides is 1. The van der Waals surface area contributed by atoms with Gasteiger partial charge in [0.05, 0.1) is 6.10 Å². The lowest BCUT2D eigenvalue weighted by molar-refractivity contribution is 0.121. The second-order valence-corrected chi connectivity index (χ2v) is 4.47. The molecule has 1 saturated heterocycles. The highest BCUT2D eigenvalue weighted by atomic mass is 35.5. The summed E-state index contributed by atoms with van der Waals surface area (Å²) in [5.41, 5.74) is 2.15. The van der Waals surface area contributed by atoms with Gasteiger partial charge in [-0.15, -0.1) is 11.6 Å². The largest absolute Gasteiger partial charge is 0.380 e. The molecule has 16 heavy (non-hydrogen) atoms. The van der Waals surface area contributed by atoms with Crippen molar-refractivity contribution in [3.63, 3.8) is 0 Å². The Morgan fingerprint density at radius 1 is 1.56 bits per heavy atom. The minimum absolute atomic E-state index is 0.335. The van der Waals surface area contributed by atoms with Crippen LogP contribution in [0.3, 0.4) is 0 Å². The van der Waals surface area contributed by atoms with Crippen molar-refractivity contribution in [1.29, 1.82) is 0 Å². The number of ether oxygens (including phenoxy) is 1. The van der Waals surface area contributed by atoms with Gasteiger partial charge in [0, 0.05) is 31.8 Å². The van der Waals surface area contributed by atoms with E-state index in [-0.39, 0.29) is 0 Å². The molecule has 1 aromatic heterocycles. The molecule has 0 saturated carbocycles. The van der Waals surface area contributed by atoms with E-state index in [0.29, 0.717) is 12.0 Å². The van der Waals surface area contributed by atoms with E-state index in [1.165, 1.54) is 0 Å². The van der Waals surface area contributed by atoms with Crippen molar-refractivity contribution in [2.75, 3.05) is 25.1 Å². The first-order chi connectivity index (χ1) is 7.72. The fourth-order valence-electron chi connectivity index (χ4n) is 2.09. The van der Waals surface area contributed by atoms with Crippen molar-refractivity contribution in [3.8, 4) is 0 Å². The Bertz CT molecular complexity index is 370. The SMILES string of the molecule is COC1CCN(c2cc(CCl)cc(C)n2)C1. The van der Waals surface area contributed by atoms with Crippen molar-refractivity contribution in [3.05, 3.63) is 23.4 Å². The van der Waals surface area contributed by atoms with E-state index in [0.717, 1.165) is 36.6 Å². The third-order valence-electron chi connectivity index (χ3n) is 2.96. The number of methoxy groups -OCH3 is 1. The van der Waals surface area contributed by atoms with Crippen molar-refractivity contribution >= 4 is 17.4 Å². The van der Waals surface area contributed by atoms with Crippen LogP contribution in [0, 0.1) is 6.92 Å². The summed E-state index contributed by atoms with van der Waals surface area (Å²) >= 11 is 5.86. The van der Waals surface area contributed by atoms with Gasteiger partial charge >= 0.3 is 0 Å². The molecule has 0 radical (unpaired) electrons. The van der Waals surface area contributed by atoms with E-state index in [1.807, 2.05) is 13.0 Å². The molecule has 3 nitrogen and oxygen atoms in total. The first kappa shape index (κ1) is 11.7. The predicted molar refractivity (Wildman–Crippen MR) is 66.2 cm³/mol. The van der Waals surface area contributed by atoms with Crippen LogP contribution >= 0.6 is 11.6 Å². The van der Waals surface area contributed by atoms with Crippen molar-refractivity contribution in [2.45, 2.75) is 25.3 Å². The van der Waals surface area contributed by atoms with E-state index < -0.39 is 0 Å². The molecule has 0 N–H and O–H groups in total. The molecular weight excluding hydrogens is 224 g/mol. The Hall–Kier alpha value is -0.800. The molecule has 0 amide bonds. The van der Waals surface area contributed by atoms with Gasteiger partial charge in [-0.25, -0.2) is 4.98 Å². The summed E-state index contributed by atoms with van der Waals surface area (Å²) in [4.78, 5) is 6.81. The summed E-state index contributed by atoms with van der Waals surface area (Å²) < 4.78 is 5.35. The Labute approximate surface area is 101 Å². The fraction of sp³-hybridized carbons (Fsp3) is 0.583. The zero-order valence-electron chi connectivity index (χ0n) is 9.74. The molecule has 1 aliphatic heterocycles. The number of anilines is 1. The highest BCUT2D eigenvalue weighted by Crippen LogP contribution is 2.22. The number of hydrogen-bond acceptors (Lipinski definition) is 3. The molecule has 2 rings (SSSR count). The summed E-state index contributed by atoms with van der Waals surface area (Å²) in [7, 11) is 1.77.